The van der Waals surface area contributed by atoms with Gasteiger partial charge in [0.2, 0.25) is 5.95 Å². The molecule has 2 aromatic heterocycles. The van der Waals surface area contributed by atoms with Gasteiger partial charge in [0.05, 0.1) is 31.5 Å². The summed E-state index contributed by atoms with van der Waals surface area (Å²) in [5.74, 6) is 1.06. The number of fused-ring (bicyclic) bond motifs is 1. The van der Waals surface area contributed by atoms with E-state index in [1.165, 1.54) is 0 Å². The molecule has 0 bridgehead atoms. The maximum absolute atomic E-state index is 11.0. The number of unbranched alkanes of at least 4 members (excludes halogenated alkanes) is 1. The number of ether oxygens (including phenoxy) is 1. The zero-order valence-electron chi connectivity index (χ0n) is 16.1. The molecule has 0 radical (unpaired) electrons. The molecule has 0 spiro atoms. The van der Waals surface area contributed by atoms with Crippen molar-refractivity contribution in [1.29, 1.82) is 5.26 Å². The fourth-order valence-corrected chi connectivity index (χ4v) is 2.88. The molecule has 0 aliphatic rings. The quantitative estimate of drug-likeness (QED) is 0.495. The van der Waals surface area contributed by atoms with E-state index in [4.69, 9.17) is 15.1 Å². The number of nitrogens with zero attached hydrogens (tertiary/aromatic N) is 5. The van der Waals surface area contributed by atoms with E-state index in [1.54, 1.807) is 30.1 Å². The summed E-state index contributed by atoms with van der Waals surface area (Å²) < 4.78 is 7.13. The van der Waals surface area contributed by atoms with Gasteiger partial charge in [-0.1, -0.05) is 19.4 Å². The van der Waals surface area contributed by atoms with Crippen LogP contribution in [0.5, 0.6) is 5.75 Å². The molecule has 0 unspecified atom stereocenters. The first kappa shape index (κ1) is 19.9. The maximum atomic E-state index is 11.0. The van der Waals surface area contributed by atoms with Crippen molar-refractivity contribution in [2.24, 2.45) is 0 Å². The lowest BCUT2D eigenvalue weighted by Gasteiger charge is -2.12. The number of nitriles is 1. The highest BCUT2D eigenvalue weighted by atomic mass is 16.5. The van der Waals surface area contributed by atoms with Crippen molar-refractivity contribution >= 4 is 28.9 Å². The number of amides is 1. The molecule has 1 aromatic carbocycles. The van der Waals surface area contributed by atoms with Gasteiger partial charge in [-0.2, -0.15) is 15.3 Å². The normalized spacial score (nSPS) is 10.5. The first-order valence-corrected chi connectivity index (χ1v) is 9.10. The van der Waals surface area contributed by atoms with Gasteiger partial charge >= 0.3 is 6.09 Å². The molecule has 3 N–H and O–H groups in total. The Balaban J connectivity index is 2.02. The van der Waals surface area contributed by atoms with Crippen LogP contribution < -0.4 is 15.4 Å². The summed E-state index contributed by atoms with van der Waals surface area (Å²) in [5.41, 5.74) is 2.51. The topological polar surface area (TPSA) is 138 Å². The third-order valence-electron chi connectivity index (χ3n) is 4.27. The summed E-state index contributed by atoms with van der Waals surface area (Å²) in [6.07, 6.45) is 2.26. The Morgan fingerprint density at radius 1 is 1.38 bits per heavy atom. The third kappa shape index (κ3) is 4.52. The lowest BCUT2D eigenvalue weighted by molar-refractivity contribution is 0.209. The van der Waals surface area contributed by atoms with Crippen molar-refractivity contribution in [3.63, 3.8) is 0 Å². The monoisotopic (exact) mass is 395 g/mol. The highest BCUT2D eigenvalue weighted by Crippen LogP contribution is 2.26. The van der Waals surface area contributed by atoms with Crippen LogP contribution >= 0.6 is 0 Å². The van der Waals surface area contributed by atoms with Crippen molar-refractivity contribution in [2.45, 2.75) is 26.3 Å². The number of carbonyl (C=O) groups is 1. The van der Waals surface area contributed by atoms with Gasteiger partial charge in [-0.15, -0.1) is 0 Å². The minimum absolute atomic E-state index is 0.0143. The van der Waals surface area contributed by atoms with Gasteiger partial charge in [0.15, 0.2) is 5.82 Å². The summed E-state index contributed by atoms with van der Waals surface area (Å²) in [6.45, 7) is 3.13. The van der Waals surface area contributed by atoms with Crippen LogP contribution in [0.25, 0.3) is 11.0 Å². The number of aromatic nitrogens is 4. The fourth-order valence-electron chi connectivity index (χ4n) is 2.88. The van der Waals surface area contributed by atoms with Gasteiger partial charge in [-0.05, 0) is 18.6 Å². The van der Waals surface area contributed by atoms with Gasteiger partial charge < -0.3 is 15.2 Å². The van der Waals surface area contributed by atoms with Crippen molar-refractivity contribution in [3.8, 4) is 11.8 Å². The molecule has 29 heavy (non-hydrogen) atoms. The predicted octanol–water partition coefficient (Wildman–Crippen LogP) is 3.06. The van der Waals surface area contributed by atoms with E-state index in [-0.39, 0.29) is 5.95 Å². The van der Waals surface area contributed by atoms with E-state index >= 15 is 0 Å². The fraction of sp³-hybridized carbons (Fsp3) is 0.316. The van der Waals surface area contributed by atoms with Crippen LogP contribution in [0, 0.1) is 11.3 Å². The molecule has 150 valence electrons. The first-order chi connectivity index (χ1) is 14.0. The number of hydrogen-bond acceptors (Lipinski definition) is 7. The second-order valence-electron chi connectivity index (χ2n) is 6.28. The van der Waals surface area contributed by atoms with E-state index in [9.17, 15) is 4.79 Å². The highest BCUT2D eigenvalue weighted by molar-refractivity contribution is 5.89. The van der Waals surface area contributed by atoms with E-state index < -0.39 is 6.09 Å². The van der Waals surface area contributed by atoms with Gasteiger partial charge in [0.1, 0.15) is 16.8 Å². The first-order valence-electron chi connectivity index (χ1n) is 9.10. The molecule has 0 aliphatic heterocycles. The van der Waals surface area contributed by atoms with Crippen LogP contribution in [0.2, 0.25) is 0 Å². The minimum Gasteiger partial charge on any atom is -0.496 e. The molecule has 3 aromatic rings. The molecule has 0 aliphatic carbocycles. The third-order valence-corrected chi connectivity index (χ3v) is 4.27. The average Bonchev–Trinajstić information content (AvgIpc) is 3.10. The molecule has 10 nitrogen and oxygen atoms in total. The number of nitrogens with one attached hydrogen (secondary N) is 2. The molecule has 0 saturated heterocycles. The van der Waals surface area contributed by atoms with Crippen molar-refractivity contribution in [1.82, 2.24) is 19.7 Å². The number of hydrogen-bond donors (Lipinski definition) is 3. The number of anilines is 2. The smallest absolute Gasteiger partial charge is 0.411 e. The van der Waals surface area contributed by atoms with Crippen LogP contribution in [0.4, 0.5) is 16.6 Å². The number of rotatable bonds is 8. The largest absolute Gasteiger partial charge is 0.496 e. The molecule has 10 heteroatoms. The van der Waals surface area contributed by atoms with Crippen LogP contribution in [0.15, 0.2) is 24.4 Å². The summed E-state index contributed by atoms with van der Waals surface area (Å²) >= 11 is 0. The SMILES string of the molecule is CCCCNc1nc(NC(=O)O)nc2cnn(Cc3ccc(C#N)cc3OC)c12. The molecule has 2 heterocycles. The Kier molecular flexibility index (Phi) is 6.09. The second-order valence-corrected chi connectivity index (χ2v) is 6.28. The predicted molar refractivity (Wildman–Crippen MR) is 107 cm³/mol. The molecular weight excluding hydrogens is 374 g/mol. The molecule has 0 fully saturated rings. The van der Waals surface area contributed by atoms with E-state index in [0.717, 1.165) is 18.4 Å². The summed E-state index contributed by atoms with van der Waals surface area (Å²) in [5, 5.41) is 27.9. The van der Waals surface area contributed by atoms with Crippen LogP contribution in [0.3, 0.4) is 0 Å². The lowest BCUT2D eigenvalue weighted by Crippen LogP contribution is -2.14. The van der Waals surface area contributed by atoms with Crippen LogP contribution in [-0.4, -0.2) is 44.6 Å². The average molecular weight is 395 g/mol. The zero-order valence-corrected chi connectivity index (χ0v) is 16.1. The van der Waals surface area contributed by atoms with Crippen molar-refractivity contribution in [3.05, 3.63) is 35.5 Å². The van der Waals surface area contributed by atoms with Crippen molar-refractivity contribution < 1.29 is 14.6 Å². The molecule has 0 atom stereocenters. The Labute approximate surface area is 167 Å². The van der Waals surface area contributed by atoms with Gasteiger partial charge in [0.25, 0.3) is 0 Å². The Morgan fingerprint density at radius 2 is 2.21 bits per heavy atom. The van der Waals surface area contributed by atoms with E-state index in [0.29, 0.717) is 41.3 Å². The Morgan fingerprint density at radius 3 is 2.90 bits per heavy atom. The summed E-state index contributed by atoms with van der Waals surface area (Å²) in [7, 11) is 1.55. The van der Waals surface area contributed by atoms with Gasteiger partial charge in [0, 0.05) is 12.1 Å². The standard InChI is InChI=1S/C19H21N7O3/c1-3-4-7-21-17-16-14(23-18(24-17)25-19(27)28)10-22-26(16)11-13-6-5-12(9-20)8-15(13)29-2/h5-6,8,10H,3-4,7,11H2,1-2H3,(H,27,28)(H2,21,23,24,25). The molecule has 0 saturated carbocycles. The van der Waals surface area contributed by atoms with Crippen LogP contribution in [0.1, 0.15) is 30.9 Å². The Bertz CT molecular complexity index is 1070. The minimum atomic E-state index is -1.24. The van der Waals surface area contributed by atoms with Gasteiger partial charge in [-0.3, -0.25) is 10.00 Å². The Hall–Kier alpha value is -3.87. The number of carboxylic acid groups (broad SMARTS) is 1. The summed E-state index contributed by atoms with van der Waals surface area (Å²) in [6, 6.07) is 7.30. The molecular formula is C19H21N7O3. The van der Waals surface area contributed by atoms with E-state index in [1.807, 2.05) is 6.07 Å². The van der Waals surface area contributed by atoms with Crippen LogP contribution in [-0.2, 0) is 6.54 Å². The maximum Gasteiger partial charge on any atom is 0.411 e. The number of benzene rings is 1. The number of methoxy groups -OCH3 is 1. The van der Waals surface area contributed by atoms with Gasteiger partial charge in [-0.25, -0.2) is 9.78 Å². The molecule has 3 rings (SSSR count). The second kappa shape index (κ2) is 8.88. The molecule has 1 amide bonds. The van der Waals surface area contributed by atoms with E-state index in [2.05, 4.69) is 38.7 Å². The summed E-state index contributed by atoms with van der Waals surface area (Å²) in [4.78, 5) is 19.5. The lowest BCUT2D eigenvalue weighted by atomic mass is 10.1. The van der Waals surface area contributed by atoms with Crippen molar-refractivity contribution in [2.75, 3.05) is 24.3 Å². The highest BCUT2D eigenvalue weighted by Gasteiger charge is 2.16. The zero-order chi connectivity index (χ0) is 20.8.